The fourth-order valence-electron chi connectivity index (χ4n) is 3.18. The summed E-state index contributed by atoms with van der Waals surface area (Å²) in [6.07, 6.45) is 5.27. The Morgan fingerprint density at radius 1 is 0.714 bits per heavy atom. The molecular formula is C21H24N4O3. The molecule has 2 aromatic carbocycles. The molecule has 0 aromatic heterocycles. The summed E-state index contributed by atoms with van der Waals surface area (Å²) in [5, 5.41) is 5.50. The van der Waals surface area contributed by atoms with Crippen molar-refractivity contribution < 1.29 is 14.4 Å². The van der Waals surface area contributed by atoms with Crippen molar-refractivity contribution in [3.63, 3.8) is 0 Å². The van der Waals surface area contributed by atoms with Gasteiger partial charge in [0.2, 0.25) is 5.91 Å². The molecule has 1 aliphatic rings. The number of hydrogen-bond donors (Lipinski definition) is 4. The summed E-state index contributed by atoms with van der Waals surface area (Å²) < 4.78 is 0. The van der Waals surface area contributed by atoms with Crippen LogP contribution >= 0.6 is 0 Å². The molecule has 4 N–H and O–H groups in total. The number of hydrazine groups is 1. The van der Waals surface area contributed by atoms with Gasteiger partial charge in [0.25, 0.3) is 5.91 Å². The maximum Gasteiger partial charge on any atom is 0.337 e. The molecule has 0 bridgehead atoms. The van der Waals surface area contributed by atoms with Gasteiger partial charge in [0.05, 0.1) is 0 Å². The number of urea groups is 1. The Bertz CT molecular complexity index is 815. The van der Waals surface area contributed by atoms with Crippen LogP contribution in [0.5, 0.6) is 0 Å². The smallest absolute Gasteiger partial charge is 0.326 e. The molecule has 0 spiro atoms. The molecule has 7 heteroatoms. The number of rotatable bonds is 4. The van der Waals surface area contributed by atoms with Gasteiger partial charge in [-0.1, -0.05) is 37.5 Å². The van der Waals surface area contributed by atoms with Crippen molar-refractivity contribution in [3.8, 4) is 0 Å². The van der Waals surface area contributed by atoms with Crippen LogP contribution in [0.2, 0.25) is 0 Å². The van der Waals surface area contributed by atoms with Gasteiger partial charge >= 0.3 is 6.03 Å². The maximum atomic E-state index is 12.3. The van der Waals surface area contributed by atoms with E-state index in [0.717, 1.165) is 25.7 Å². The van der Waals surface area contributed by atoms with Gasteiger partial charge in [0, 0.05) is 22.9 Å². The zero-order chi connectivity index (χ0) is 19.8. The summed E-state index contributed by atoms with van der Waals surface area (Å²) in [5.41, 5.74) is 6.29. The predicted octanol–water partition coefficient (Wildman–Crippen LogP) is 3.67. The van der Waals surface area contributed by atoms with E-state index in [9.17, 15) is 14.4 Å². The SMILES string of the molecule is O=C(NNC(=O)c1ccc(NC(=O)C2CCCCC2)cc1)Nc1ccccc1. The maximum absolute atomic E-state index is 12.3. The van der Waals surface area contributed by atoms with Gasteiger partial charge in [-0.25, -0.2) is 10.2 Å². The van der Waals surface area contributed by atoms with Gasteiger partial charge in [-0.2, -0.15) is 0 Å². The van der Waals surface area contributed by atoms with E-state index in [0.29, 0.717) is 16.9 Å². The lowest BCUT2D eigenvalue weighted by Crippen LogP contribution is -2.43. The number of benzene rings is 2. The number of carbonyl (C=O) groups is 3. The molecule has 0 atom stereocenters. The second-order valence-corrected chi connectivity index (χ2v) is 6.80. The molecule has 2 aromatic rings. The number of anilines is 2. The number of para-hydroxylation sites is 1. The highest BCUT2D eigenvalue weighted by molar-refractivity contribution is 5.98. The third kappa shape index (κ3) is 5.57. The second kappa shape index (κ2) is 9.55. The lowest BCUT2D eigenvalue weighted by atomic mass is 9.88. The van der Waals surface area contributed by atoms with Crippen LogP contribution in [0.1, 0.15) is 42.5 Å². The van der Waals surface area contributed by atoms with E-state index in [1.165, 1.54) is 6.42 Å². The number of hydrogen-bond acceptors (Lipinski definition) is 3. The van der Waals surface area contributed by atoms with Crippen LogP contribution in [-0.4, -0.2) is 17.8 Å². The largest absolute Gasteiger partial charge is 0.337 e. The zero-order valence-electron chi connectivity index (χ0n) is 15.5. The lowest BCUT2D eigenvalue weighted by Gasteiger charge is -2.20. The highest BCUT2D eigenvalue weighted by Crippen LogP contribution is 2.25. The molecule has 1 saturated carbocycles. The Morgan fingerprint density at radius 2 is 1.36 bits per heavy atom. The number of amides is 4. The van der Waals surface area contributed by atoms with E-state index in [4.69, 9.17) is 0 Å². The lowest BCUT2D eigenvalue weighted by molar-refractivity contribution is -0.120. The molecule has 4 amide bonds. The quantitative estimate of drug-likeness (QED) is 0.609. The summed E-state index contributed by atoms with van der Waals surface area (Å²) in [6, 6.07) is 14.9. The molecule has 0 heterocycles. The summed E-state index contributed by atoms with van der Waals surface area (Å²) in [4.78, 5) is 36.2. The minimum atomic E-state index is -0.545. The van der Waals surface area contributed by atoms with E-state index < -0.39 is 11.9 Å². The monoisotopic (exact) mass is 380 g/mol. The van der Waals surface area contributed by atoms with Crippen molar-refractivity contribution in [1.29, 1.82) is 0 Å². The first-order chi connectivity index (χ1) is 13.6. The minimum absolute atomic E-state index is 0.0381. The number of carbonyl (C=O) groups excluding carboxylic acids is 3. The number of nitrogens with one attached hydrogen (secondary N) is 4. The fourth-order valence-corrected chi connectivity index (χ4v) is 3.18. The Labute approximate surface area is 163 Å². The zero-order valence-corrected chi connectivity index (χ0v) is 15.5. The summed E-state index contributed by atoms with van der Waals surface area (Å²) in [5.74, 6) is -0.339. The first-order valence-electron chi connectivity index (χ1n) is 9.45. The van der Waals surface area contributed by atoms with E-state index >= 15 is 0 Å². The van der Waals surface area contributed by atoms with Gasteiger partial charge in [-0.15, -0.1) is 0 Å². The normalized spacial score (nSPS) is 14.0. The Morgan fingerprint density at radius 3 is 2.04 bits per heavy atom. The first kappa shape index (κ1) is 19.4. The average Bonchev–Trinajstić information content (AvgIpc) is 2.74. The first-order valence-corrected chi connectivity index (χ1v) is 9.45. The van der Waals surface area contributed by atoms with Crippen LogP contribution in [0.4, 0.5) is 16.2 Å². The van der Waals surface area contributed by atoms with Crippen LogP contribution in [0.15, 0.2) is 54.6 Å². The molecular weight excluding hydrogens is 356 g/mol. The predicted molar refractivity (Wildman–Crippen MR) is 108 cm³/mol. The molecule has 0 aliphatic heterocycles. The third-order valence-corrected chi connectivity index (χ3v) is 4.71. The molecule has 1 fully saturated rings. The third-order valence-electron chi connectivity index (χ3n) is 4.71. The average molecular weight is 380 g/mol. The molecule has 1 aliphatic carbocycles. The van der Waals surface area contributed by atoms with E-state index in [1.54, 1.807) is 48.5 Å². The van der Waals surface area contributed by atoms with E-state index in [-0.39, 0.29) is 11.8 Å². The molecule has 28 heavy (non-hydrogen) atoms. The summed E-state index contributed by atoms with van der Waals surface area (Å²) in [6.45, 7) is 0. The second-order valence-electron chi connectivity index (χ2n) is 6.80. The van der Waals surface area contributed by atoms with Crippen molar-refractivity contribution in [2.75, 3.05) is 10.6 Å². The van der Waals surface area contributed by atoms with Gasteiger partial charge in [-0.3, -0.25) is 15.0 Å². The minimum Gasteiger partial charge on any atom is -0.326 e. The standard InChI is InChI=1S/C21H24N4O3/c26-19(15-7-3-1-4-8-15)22-18-13-11-16(12-14-18)20(27)24-25-21(28)23-17-9-5-2-6-10-17/h2,5-6,9-15H,1,3-4,7-8H2,(H,22,26)(H,24,27)(H2,23,25,28). The van der Waals surface area contributed by atoms with Crippen molar-refractivity contribution in [1.82, 2.24) is 10.9 Å². The van der Waals surface area contributed by atoms with E-state index in [1.807, 2.05) is 6.07 Å². The molecule has 7 nitrogen and oxygen atoms in total. The van der Waals surface area contributed by atoms with Crippen molar-refractivity contribution >= 4 is 29.2 Å². The summed E-state index contributed by atoms with van der Waals surface area (Å²) >= 11 is 0. The van der Waals surface area contributed by atoms with Crippen LogP contribution in [-0.2, 0) is 4.79 Å². The highest BCUT2D eigenvalue weighted by Gasteiger charge is 2.21. The molecule has 0 radical (unpaired) electrons. The van der Waals surface area contributed by atoms with Gasteiger partial charge in [-0.05, 0) is 49.2 Å². The van der Waals surface area contributed by atoms with Crippen molar-refractivity contribution in [2.45, 2.75) is 32.1 Å². The van der Waals surface area contributed by atoms with Crippen molar-refractivity contribution in [3.05, 3.63) is 60.2 Å². The Balaban J connectivity index is 1.46. The Hall–Kier alpha value is -3.35. The topological polar surface area (TPSA) is 99.3 Å². The van der Waals surface area contributed by atoms with Gasteiger partial charge < -0.3 is 10.6 Å². The van der Waals surface area contributed by atoms with Crippen LogP contribution in [0.3, 0.4) is 0 Å². The Kier molecular flexibility index (Phi) is 6.62. The van der Waals surface area contributed by atoms with Gasteiger partial charge in [0.1, 0.15) is 0 Å². The summed E-state index contributed by atoms with van der Waals surface area (Å²) in [7, 11) is 0. The molecule has 3 rings (SSSR count). The van der Waals surface area contributed by atoms with Crippen LogP contribution in [0, 0.1) is 5.92 Å². The van der Waals surface area contributed by atoms with Crippen LogP contribution < -0.4 is 21.5 Å². The molecule has 0 saturated heterocycles. The van der Waals surface area contributed by atoms with Crippen LogP contribution in [0.25, 0.3) is 0 Å². The molecule has 146 valence electrons. The van der Waals surface area contributed by atoms with Crippen molar-refractivity contribution in [2.24, 2.45) is 5.92 Å². The van der Waals surface area contributed by atoms with Gasteiger partial charge in [0.15, 0.2) is 0 Å². The highest BCUT2D eigenvalue weighted by atomic mass is 16.2. The molecule has 0 unspecified atom stereocenters. The fraction of sp³-hybridized carbons (Fsp3) is 0.286. The van der Waals surface area contributed by atoms with E-state index in [2.05, 4.69) is 21.5 Å².